The number of hydrogen-bond donors (Lipinski definition) is 1. The molecule has 2 aromatic heterocycles. The first kappa shape index (κ1) is 37.9. The molecule has 0 amide bonds. The lowest BCUT2D eigenvalue weighted by molar-refractivity contribution is 0.132. The summed E-state index contributed by atoms with van der Waals surface area (Å²) in [7, 11) is 8.68. The van der Waals surface area contributed by atoms with Crippen molar-refractivity contribution >= 4 is 21.9 Å². The van der Waals surface area contributed by atoms with Gasteiger partial charge in [0.25, 0.3) is 4.90 Å². The maximum absolute atomic E-state index is 14.5. The molecular weight excluding hydrogens is 676 g/mol. The van der Waals surface area contributed by atoms with E-state index in [1.54, 1.807) is 54.9 Å². The summed E-state index contributed by atoms with van der Waals surface area (Å²) in [4.78, 5) is 19.4. The molecule has 1 saturated carbocycles. The van der Waals surface area contributed by atoms with E-state index in [0.29, 0.717) is 75.1 Å². The van der Waals surface area contributed by atoms with Gasteiger partial charge in [0.05, 0.1) is 74.5 Å². The first-order valence-electron chi connectivity index (χ1n) is 17.0. The summed E-state index contributed by atoms with van der Waals surface area (Å²) in [5.74, 6) is 4.14. The summed E-state index contributed by atoms with van der Waals surface area (Å²) in [6.07, 6.45) is 6.74. The topological polar surface area (TPSA) is 129 Å². The molecule has 13 heteroatoms. The van der Waals surface area contributed by atoms with Crippen LogP contribution in [0.25, 0.3) is 11.0 Å². The molecule has 0 atom stereocenters. The van der Waals surface area contributed by atoms with E-state index in [1.165, 1.54) is 0 Å². The van der Waals surface area contributed by atoms with Crippen LogP contribution in [0.5, 0.6) is 40.2 Å². The number of aromatic hydroxyl groups is 1. The number of methoxy groups -OCH3 is 6. The molecule has 12 nitrogen and oxygen atoms in total. The Morgan fingerprint density at radius 2 is 1.24 bits per heavy atom. The third-order valence-corrected chi connectivity index (χ3v) is 11.3. The van der Waals surface area contributed by atoms with Gasteiger partial charge in [-0.1, -0.05) is 19.3 Å². The molecular formula is C38H49N2O10S+. The van der Waals surface area contributed by atoms with Crippen LogP contribution in [0.3, 0.4) is 0 Å². The Bertz CT molecular complexity index is 1700. The highest BCUT2D eigenvalue weighted by atomic mass is 32.2. The number of rotatable bonds is 18. The second-order valence-corrected chi connectivity index (χ2v) is 14.3. The summed E-state index contributed by atoms with van der Waals surface area (Å²) in [5.41, 5.74) is 2.02. The van der Waals surface area contributed by atoms with Crippen LogP contribution < -0.4 is 34.0 Å². The number of benzene rings is 2. The Hall–Kier alpha value is -4.33. The smallest absolute Gasteiger partial charge is 0.311 e. The second kappa shape index (κ2) is 18.2. The molecule has 2 aromatic carbocycles. The van der Waals surface area contributed by atoms with Crippen molar-refractivity contribution < 1.29 is 43.0 Å². The molecule has 1 N–H and O–H groups in total. The van der Waals surface area contributed by atoms with Crippen molar-refractivity contribution in [1.29, 1.82) is 0 Å². The molecule has 0 bridgehead atoms. The Morgan fingerprint density at radius 3 is 1.69 bits per heavy atom. The Kier molecular flexibility index (Phi) is 13.6. The fourth-order valence-electron chi connectivity index (χ4n) is 6.58. The molecule has 0 spiro atoms. The van der Waals surface area contributed by atoms with Crippen molar-refractivity contribution in [2.24, 2.45) is 0 Å². The van der Waals surface area contributed by atoms with E-state index in [9.17, 15) is 9.90 Å². The largest absolute Gasteiger partial charge is 0.503 e. The van der Waals surface area contributed by atoms with E-state index >= 15 is 0 Å². The molecule has 0 unspecified atom stereocenters. The van der Waals surface area contributed by atoms with Crippen molar-refractivity contribution in [1.82, 2.24) is 9.55 Å². The molecule has 0 radical (unpaired) electrons. The molecule has 5 rings (SSSR count). The predicted molar refractivity (Wildman–Crippen MR) is 197 cm³/mol. The van der Waals surface area contributed by atoms with Gasteiger partial charge in [-0.05, 0) is 60.4 Å². The van der Waals surface area contributed by atoms with E-state index in [-0.39, 0.29) is 30.6 Å². The minimum atomic E-state index is -0.732. The SMILES string of the molecule is COc1cc(COCC[S+](CCOCc2cc(OC)c(OC)c(OC)c2)c2c(O)c3cccnc3n(C3CCCCC3)c2=O)cc(OC)c1OC. The number of fused-ring (bicyclic) bond motifs is 1. The van der Waals surface area contributed by atoms with Crippen LogP contribution in [0.2, 0.25) is 0 Å². The highest BCUT2D eigenvalue weighted by Gasteiger charge is 2.35. The summed E-state index contributed by atoms with van der Waals surface area (Å²) in [6.45, 7) is 1.23. The molecule has 0 aliphatic heterocycles. The minimum absolute atomic E-state index is 0.0206. The molecule has 1 aliphatic carbocycles. The lowest BCUT2D eigenvalue weighted by Gasteiger charge is -2.25. The Balaban J connectivity index is 1.40. The Labute approximate surface area is 301 Å². The zero-order valence-electron chi connectivity index (χ0n) is 30.3. The maximum Gasteiger partial charge on any atom is 0.311 e. The van der Waals surface area contributed by atoms with E-state index in [1.807, 2.05) is 34.9 Å². The van der Waals surface area contributed by atoms with E-state index in [0.717, 1.165) is 43.2 Å². The van der Waals surface area contributed by atoms with Crippen LogP contribution in [-0.4, -0.2) is 82.0 Å². The third-order valence-electron chi connectivity index (χ3n) is 9.06. The standard InChI is InChI=1S/C38H48N2O10S/c1-43-29-19-25(20-30(44-2)34(29)47-5)23-49-15-17-51(18-16-50-24-26-21-31(45-3)35(48-6)32(22-26)46-4)36-33(41)28-13-10-14-39-37(28)40(38(36)42)27-11-8-7-9-12-27/h10,13-14,19-22,27H,7-9,11-12,15-18,23-24H2,1-6H3/p+1. The van der Waals surface area contributed by atoms with E-state index in [2.05, 4.69) is 4.98 Å². The van der Waals surface area contributed by atoms with E-state index in [4.69, 9.17) is 37.9 Å². The van der Waals surface area contributed by atoms with Gasteiger partial charge < -0.3 is 43.0 Å². The van der Waals surface area contributed by atoms with Crippen LogP contribution in [0.4, 0.5) is 0 Å². The van der Waals surface area contributed by atoms with Gasteiger partial charge in [-0.3, -0.25) is 9.36 Å². The lowest BCUT2D eigenvalue weighted by Crippen LogP contribution is -2.34. The average molecular weight is 726 g/mol. The fraction of sp³-hybridized carbons (Fsp3) is 0.474. The number of pyridine rings is 2. The number of hydrogen-bond acceptors (Lipinski definition) is 11. The van der Waals surface area contributed by atoms with Crippen molar-refractivity contribution in [2.75, 3.05) is 67.4 Å². The zero-order valence-corrected chi connectivity index (χ0v) is 31.1. The van der Waals surface area contributed by atoms with Crippen LogP contribution in [0.15, 0.2) is 52.3 Å². The van der Waals surface area contributed by atoms with Crippen LogP contribution in [0.1, 0.15) is 49.3 Å². The molecule has 1 fully saturated rings. The van der Waals surface area contributed by atoms with Gasteiger partial charge >= 0.3 is 5.56 Å². The van der Waals surface area contributed by atoms with Crippen molar-refractivity contribution in [2.45, 2.75) is 56.3 Å². The average Bonchev–Trinajstić information content (AvgIpc) is 3.17. The quantitative estimate of drug-likeness (QED) is 0.0948. The monoisotopic (exact) mass is 725 g/mol. The molecule has 4 aromatic rings. The molecule has 51 heavy (non-hydrogen) atoms. The highest BCUT2D eigenvalue weighted by molar-refractivity contribution is 7.97. The number of aromatic nitrogens is 2. The molecule has 2 heterocycles. The molecule has 0 saturated heterocycles. The maximum atomic E-state index is 14.5. The van der Waals surface area contributed by atoms with Gasteiger partial charge in [-0.2, -0.15) is 0 Å². The fourth-order valence-corrected chi connectivity index (χ4v) is 8.56. The van der Waals surface area contributed by atoms with Crippen LogP contribution in [0, 0.1) is 0 Å². The molecule has 1 aliphatic rings. The molecule has 276 valence electrons. The van der Waals surface area contributed by atoms with Crippen molar-refractivity contribution in [3.63, 3.8) is 0 Å². The van der Waals surface area contributed by atoms with Gasteiger partial charge in [-0.15, -0.1) is 0 Å². The summed E-state index contributed by atoms with van der Waals surface area (Å²) in [5, 5.41) is 12.3. The predicted octanol–water partition coefficient (Wildman–Crippen LogP) is 6.07. The highest BCUT2D eigenvalue weighted by Crippen LogP contribution is 2.40. The van der Waals surface area contributed by atoms with Crippen molar-refractivity contribution in [3.8, 4) is 40.2 Å². The zero-order chi connectivity index (χ0) is 36.3. The van der Waals surface area contributed by atoms with Gasteiger partial charge in [0.1, 0.15) is 17.2 Å². The second-order valence-electron chi connectivity index (χ2n) is 12.1. The first-order valence-corrected chi connectivity index (χ1v) is 18.6. The first-order chi connectivity index (χ1) is 24.9. The lowest BCUT2D eigenvalue weighted by atomic mass is 9.95. The van der Waals surface area contributed by atoms with E-state index < -0.39 is 10.9 Å². The number of nitrogens with zero attached hydrogens (tertiary/aromatic N) is 2. The third kappa shape index (κ3) is 8.59. The number of ether oxygens (including phenoxy) is 8. The van der Waals surface area contributed by atoms with Gasteiger partial charge in [0, 0.05) is 23.1 Å². The van der Waals surface area contributed by atoms with Crippen LogP contribution >= 0.6 is 0 Å². The Morgan fingerprint density at radius 1 is 0.745 bits per heavy atom. The normalized spacial score (nSPS) is 13.4. The van der Waals surface area contributed by atoms with Crippen molar-refractivity contribution in [3.05, 3.63) is 64.1 Å². The minimum Gasteiger partial charge on any atom is -0.503 e. The van der Waals surface area contributed by atoms with Gasteiger partial charge in [0.15, 0.2) is 28.7 Å². The summed E-state index contributed by atoms with van der Waals surface area (Å²) in [6, 6.07) is 11.1. The summed E-state index contributed by atoms with van der Waals surface area (Å²) < 4.78 is 47.1. The summed E-state index contributed by atoms with van der Waals surface area (Å²) >= 11 is 0. The van der Waals surface area contributed by atoms with Gasteiger partial charge in [-0.25, -0.2) is 4.98 Å². The van der Waals surface area contributed by atoms with Gasteiger partial charge in [0.2, 0.25) is 11.5 Å². The van der Waals surface area contributed by atoms with Crippen LogP contribution in [-0.2, 0) is 33.6 Å².